The average molecular weight is 256 g/mol. The van der Waals surface area contributed by atoms with E-state index in [-0.39, 0.29) is 5.41 Å². The van der Waals surface area contributed by atoms with Gasteiger partial charge in [0, 0.05) is 11.0 Å². The summed E-state index contributed by atoms with van der Waals surface area (Å²) in [7, 11) is 0. The fourth-order valence-electron chi connectivity index (χ4n) is 2.79. The molecule has 0 aliphatic heterocycles. The van der Waals surface area contributed by atoms with Crippen molar-refractivity contribution in [2.75, 3.05) is 0 Å². The second-order valence-corrected chi connectivity index (χ2v) is 5.77. The van der Waals surface area contributed by atoms with E-state index < -0.39 is 0 Å². The molecule has 1 aromatic carbocycles. The number of nitrogens with zero attached hydrogens (tertiary/aromatic N) is 1. The summed E-state index contributed by atoms with van der Waals surface area (Å²) in [5.74, 6) is 0.551. The van der Waals surface area contributed by atoms with Gasteiger partial charge in [-0.3, -0.25) is 5.10 Å². The highest BCUT2D eigenvalue weighted by Crippen LogP contribution is 2.51. The summed E-state index contributed by atoms with van der Waals surface area (Å²) in [6.45, 7) is 11.1. The predicted molar refractivity (Wildman–Crippen MR) is 81.3 cm³/mol. The van der Waals surface area contributed by atoms with E-state index in [1.54, 1.807) is 0 Å². The maximum Gasteiger partial charge on any atom is 0.0569 e. The van der Waals surface area contributed by atoms with Gasteiger partial charge < -0.3 is 0 Å². The number of fused-ring (bicyclic) bond motifs is 3. The van der Waals surface area contributed by atoms with Crippen molar-refractivity contribution in [2.45, 2.75) is 46.5 Å². The lowest BCUT2D eigenvalue weighted by molar-refractivity contribution is 0.403. The molecule has 1 unspecified atom stereocenters. The van der Waals surface area contributed by atoms with Crippen molar-refractivity contribution in [2.24, 2.45) is 5.92 Å². The van der Waals surface area contributed by atoms with Crippen molar-refractivity contribution in [3.05, 3.63) is 41.7 Å². The fourth-order valence-corrected chi connectivity index (χ4v) is 2.79. The minimum atomic E-state index is 0.0719. The van der Waals surface area contributed by atoms with Crippen LogP contribution >= 0.6 is 0 Å². The summed E-state index contributed by atoms with van der Waals surface area (Å²) >= 11 is 0. The molecule has 1 heterocycles. The van der Waals surface area contributed by atoms with Crippen LogP contribution in [0, 0.1) is 5.92 Å². The van der Waals surface area contributed by atoms with Crippen LogP contribution in [0.2, 0.25) is 0 Å². The lowest BCUT2D eigenvalue weighted by Gasteiger charge is -2.30. The van der Waals surface area contributed by atoms with E-state index in [0.29, 0.717) is 5.92 Å². The van der Waals surface area contributed by atoms with Gasteiger partial charge in [0.25, 0.3) is 0 Å². The van der Waals surface area contributed by atoms with Crippen LogP contribution in [-0.2, 0) is 5.41 Å². The first kappa shape index (κ1) is 13.9. The summed E-state index contributed by atoms with van der Waals surface area (Å²) in [5, 5.41) is 7.38. The molecule has 19 heavy (non-hydrogen) atoms. The maximum absolute atomic E-state index is 4.20. The fraction of sp³-hybridized carbons (Fsp3) is 0.471. The first-order chi connectivity index (χ1) is 9.07. The molecule has 1 aliphatic rings. The van der Waals surface area contributed by atoms with Gasteiger partial charge in [-0.1, -0.05) is 58.4 Å². The Bertz CT molecular complexity index is 554. The Hall–Kier alpha value is -1.57. The van der Waals surface area contributed by atoms with E-state index in [2.05, 4.69) is 69.1 Å². The molecule has 0 amide bonds. The van der Waals surface area contributed by atoms with Gasteiger partial charge in [-0.05, 0) is 24.0 Å². The van der Waals surface area contributed by atoms with Gasteiger partial charge in [0.05, 0.1) is 11.9 Å². The lowest BCUT2D eigenvalue weighted by Crippen LogP contribution is -2.28. The second-order valence-electron chi connectivity index (χ2n) is 5.77. The number of nitrogens with one attached hydrogen (secondary N) is 1. The molecule has 1 aromatic heterocycles. The first-order valence-corrected chi connectivity index (χ1v) is 7.21. The molecule has 0 fully saturated rings. The molecular formula is C17H24N2. The predicted octanol–water partition coefficient (Wildman–Crippen LogP) is 4.77. The van der Waals surface area contributed by atoms with Crippen molar-refractivity contribution in [3.63, 3.8) is 0 Å². The lowest BCUT2D eigenvalue weighted by atomic mass is 9.74. The molecule has 0 saturated carbocycles. The standard InChI is InChI=1S/C14H16N2.C3H8/c1-9(2)14(3)12-7-5-4-6-10(12)11-8-15-16-13(11)14;1-3-2/h4-9H,1-3H3,(H,15,16);3H2,1-2H3. The van der Waals surface area contributed by atoms with Crippen LogP contribution in [0.15, 0.2) is 30.5 Å². The summed E-state index contributed by atoms with van der Waals surface area (Å²) < 4.78 is 0. The van der Waals surface area contributed by atoms with Crippen LogP contribution in [-0.4, -0.2) is 10.2 Å². The van der Waals surface area contributed by atoms with E-state index in [9.17, 15) is 0 Å². The third-order valence-electron chi connectivity index (χ3n) is 4.09. The molecule has 0 bridgehead atoms. The van der Waals surface area contributed by atoms with Crippen LogP contribution in [0.3, 0.4) is 0 Å². The quantitative estimate of drug-likeness (QED) is 0.782. The Kier molecular flexibility index (Phi) is 3.79. The number of benzene rings is 1. The molecule has 2 nitrogen and oxygen atoms in total. The molecule has 0 radical (unpaired) electrons. The molecule has 0 spiro atoms. The van der Waals surface area contributed by atoms with Gasteiger partial charge in [-0.2, -0.15) is 5.10 Å². The molecule has 2 heteroatoms. The summed E-state index contributed by atoms with van der Waals surface area (Å²) in [6, 6.07) is 8.65. The molecule has 1 aliphatic carbocycles. The highest BCUT2D eigenvalue weighted by molar-refractivity contribution is 5.79. The van der Waals surface area contributed by atoms with E-state index in [1.807, 2.05) is 6.20 Å². The van der Waals surface area contributed by atoms with Crippen molar-refractivity contribution in [3.8, 4) is 11.1 Å². The highest BCUT2D eigenvalue weighted by Gasteiger charge is 2.42. The summed E-state index contributed by atoms with van der Waals surface area (Å²) in [6.07, 6.45) is 3.20. The topological polar surface area (TPSA) is 28.7 Å². The van der Waals surface area contributed by atoms with Crippen LogP contribution in [0.25, 0.3) is 11.1 Å². The van der Waals surface area contributed by atoms with Gasteiger partial charge >= 0.3 is 0 Å². The molecule has 1 atom stereocenters. The number of H-pyrrole nitrogens is 1. The Morgan fingerprint density at radius 2 is 1.79 bits per heavy atom. The first-order valence-electron chi connectivity index (χ1n) is 7.21. The normalized spacial score (nSPS) is 19.7. The van der Waals surface area contributed by atoms with Crippen molar-refractivity contribution in [1.29, 1.82) is 0 Å². The third-order valence-corrected chi connectivity index (χ3v) is 4.09. The number of hydrogen-bond donors (Lipinski definition) is 1. The zero-order chi connectivity index (χ0) is 14.0. The minimum Gasteiger partial charge on any atom is -0.281 e. The van der Waals surface area contributed by atoms with Gasteiger partial charge in [-0.15, -0.1) is 0 Å². The van der Waals surface area contributed by atoms with E-state index >= 15 is 0 Å². The Morgan fingerprint density at radius 3 is 2.42 bits per heavy atom. The average Bonchev–Trinajstić information content (AvgIpc) is 2.95. The van der Waals surface area contributed by atoms with Crippen molar-refractivity contribution in [1.82, 2.24) is 10.2 Å². The SMILES string of the molecule is CC(C)C1(C)c2ccccc2-c2cn[nH]c21.CCC. The molecule has 1 N–H and O–H groups in total. The zero-order valence-electron chi connectivity index (χ0n) is 12.6. The van der Waals surface area contributed by atoms with E-state index in [0.717, 1.165) is 0 Å². The molecule has 2 aromatic rings. The van der Waals surface area contributed by atoms with E-state index in [4.69, 9.17) is 0 Å². The third kappa shape index (κ3) is 1.99. The molecule has 0 saturated heterocycles. The second kappa shape index (κ2) is 5.20. The number of hydrogen-bond acceptors (Lipinski definition) is 1. The summed E-state index contributed by atoms with van der Waals surface area (Å²) in [4.78, 5) is 0. The van der Waals surface area contributed by atoms with Gasteiger partial charge in [0.15, 0.2) is 0 Å². The minimum absolute atomic E-state index is 0.0719. The number of rotatable bonds is 1. The van der Waals surface area contributed by atoms with Crippen LogP contribution in [0.1, 0.15) is 52.3 Å². The van der Waals surface area contributed by atoms with Crippen LogP contribution in [0.5, 0.6) is 0 Å². The zero-order valence-corrected chi connectivity index (χ0v) is 12.6. The van der Waals surface area contributed by atoms with Crippen LogP contribution < -0.4 is 0 Å². The number of aromatic amines is 1. The smallest absolute Gasteiger partial charge is 0.0569 e. The largest absolute Gasteiger partial charge is 0.281 e. The van der Waals surface area contributed by atoms with Gasteiger partial charge in [0.2, 0.25) is 0 Å². The maximum atomic E-state index is 4.20. The van der Waals surface area contributed by atoms with Gasteiger partial charge in [-0.25, -0.2) is 0 Å². The molecule has 3 rings (SSSR count). The Balaban J connectivity index is 0.000000408. The monoisotopic (exact) mass is 256 g/mol. The summed E-state index contributed by atoms with van der Waals surface area (Å²) in [5.41, 5.74) is 5.37. The van der Waals surface area contributed by atoms with Gasteiger partial charge in [0.1, 0.15) is 0 Å². The Morgan fingerprint density at radius 1 is 1.16 bits per heavy atom. The highest BCUT2D eigenvalue weighted by atomic mass is 15.1. The number of aromatic nitrogens is 2. The molecular weight excluding hydrogens is 232 g/mol. The molecule has 102 valence electrons. The Labute approximate surface area is 116 Å². The van der Waals surface area contributed by atoms with E-state index in [1.165, 1.54) is 28.8 Å². The van der Waals surface area contributed by atoms with Crippen molar-refractivity contribution < 1.29 is 0 Å². The van der Waals surface area contributed by atoms with Crippen LogP contribution in [0.4, 0.5) is 0 Å². The van der Waals surface area contributed by atoms with Crippen molar-refractivity contribution >= 4 is 0 Å².